The lowest BCUT2D eigenvalue weighted by Crippen LogP contribution is -2.43. The Labute approximate surface area is 116 Å². The first-order valence-electron chi connectivity index (χ1n) is 6.43. The quantitative estimate of drug-likeness (QED) is 0.790. The molecule has 1 unspecified atom stereocenters. The zero-order valence-corrected chi connectivity index (χ0v) is 11.3. The summed E-state index contributed by atoms with van der Waals surface area (Å²) in [5.74, 6) is -1.23. The van der Waals surface area contributed by atoms with Crippen LogP contribution in [0, 0.1) is 11.6 Å². The summed E-state index contributed by atoms with van der Waals surface area (Å²) in [6.07, 6.45) is -0.105. The topological polar surface area (TPSA) is 38.8 Å². The van der Waals surface area contributed by atoms with Crippen LogP contribution in [0.2, 0.25) is 0 Å². The second-order valence-corrected chi connectivity index (χ2v) is 4.74. The number of methoxy groups -OCH3 is 1. The van der Waals surface area contributed by atoms with Gasteiger partial charge < -0.3 is 9.47 Å². The third-order valence-electron chi connectivity index (χ3n) is 3.25. The van der Waals surface area contributed by atoms with Gasteiger partial charge in [-0.2, -0.15) is 0 Å². The smallest absolute Gasteiger partial charge is 0.308 e. The molecule has 0 saturated carbocycles. The number of hydrogen-bond donors (Lipinski definition) is 0. The van der Waals surface area contributed by atoms with Crippen LogP contribution in [0.3, 0.4) is 0 Å². The Balaban J connectivity index is 1.95. The van der Waals surface area contributed by atoms with Gasteiger partial charge in [-0.25, -0.2) is 8.78 Å². The van der Waals surface area contributed by atoms with Gasteiger partial charge in [0.05, 0.1) is 26.2 Å². The van der Waals surface area contributed by atoms with Gasteiger partial charge in [-0.15, -0.1) is 0 Å². The lowest BCUT2D eigenvalue weighted by atomic mass is 10.1. The Bertz CT molecular complexity index is 481. The molecule has 1 aromatic rings. The van der Waals surface area contributed by atoms with Gasteiger partial charge in [-0.05, 0) is 18.2 Å². The molecule has 6 heteroatoms. The molecule has 0 N–H and O–H groups in total. The third kappa shape index (κ3) is 3.98. The molecule has 1 aromatic carbocycles. The summed E-state index contributed by atoms with van der Waals surface area (Å²) in [5.41, 5.74) is 0.309. The number of carbonyl (C=O) groups is 1. The van der Waals surface area contributed by atoms with E-state index >= 15 is 0 Å². The predicted molar refractivity (Wildman–Crippen MR) is 68.0 cm³/mol. The first kappa shape index (κ1) is 14.9. The summed E-state index contributed by atoms with van der Waals surface area (Å²) in [6.45, 7) is 1.86. The van der Waals surface area contributed by atoms with Crippen LogP contribution < -0.4 is 0 Å². The van der Waals surface area contributed by atoms with Crippen molar-refractivity contribution in [2.45, 2.75) is 19.1 Å². The van der Waals surface area contributed by atoms with Crippen molar-refractivity contribution in [3.05, 3.63) is 35.4 Å². The van der Waals surface area contributed by atoms with Crippen LogP contribution >= 0.6 is 0 Å². The van der Waals surface area contributed by atoms with Crippen molar-refractivity contribution < 1.29 is 23.0 Å². The number of nitrogens with zero attached hydrogens (tertiary/aromatic N) is 1. The van der Waals surface area contributed by atoms with Crippen molar-refractivity contribution in [3.63, 3.8) is 0 Å². The van der Waals surface area contributed by atoms with E-state index < -0.39 is 11.6 Å². The van der Waals surface area contributed by atoms with Crippen LogP contribution in [0.4, 0.5) is 8.78 Å². The molecule has 2 rings (SSSR count). The number of benzene rings is 1. The number of carbonyl (C=O) groups excluding carboxylic acids is 1. The first-order chi connectivity index (χ1) is 9.58. The fourth-order valence-electron chi connectivity index (χ4n) is 2.22. The lowest BCUT2D eigenvalue weighted by molar-refractivity contribution is -0.145. The minimum Gasteiger partial charge on any atom is -0.469 e. The maximum atomic E-state index is 13.6. The number of rotatable bonds is 4. The minimum absolute atomic E-state index is 0.165. The monoisotopic (exact) mass is 285 g/mol. The van der Waals surface area contributed by atoms with Crippen LogP contribution in [0.5, 0.6) is 0 Å². The SMILES string of the molecule is COC(=O)CC1CN(Cc2cc(F)ccc2F)CCO1. The second kappa shape index (κ2) is 6.76. The molecule has 0 spiro atoms. The summed E-state index contributed by atoms with van der Waals surface area (Å²) in [6, 6.07) is 3.41. The maximum Gasteiger partial charge on any atom is 0.308 e. The summed E-state index contributed by atoms with van der Waals surface area (Å²) in [4.78, 5) is 13.2. The van der Waals surface area contributed by atoms with E-state index in [9.17, 15) is 13.6 Å². The highest BCUT2D eigenvalue weighted by Gasteiger charge is 2.23. The molecule has 1 aliphatic heterocycles. The molecule has 1 saturated heterocycles. The van der Waals surface area contributed by atoms with E-state index in [-0.39, 0.29) is 18.5 Å². The second-order valence-electron chi connectivity index (χ2n) is 4.74. The first-order valence-corrected chi connectivity index (χ1v) is 6.43. The van der Waals surface area contributed by atoms with Crippen molar-refractivity contribution in [1.29, 1.82) is 0 Å². The van der Waals surface area contributed by atoms with Gasteiger partial charge in [-0.1, -0.05) is 0 Å². The Morgan fingerprint density at radius 3 is 3.05 bits per heavy atom. The zero-order valence-electron chi connectivity index (χ0n) is 11.3. The van der Waals surface area contributed by atoms with Crippen molar-refractivity contribution in [2.75, 3.05) is 26.8 Å². The van der Waals surface area contributed by atoms with Gasteiger partial charge >= 0.3 is 5.97 Å². The van der Waals surface area contributed by atoms with Crippen LogP contribution in [-0.4, -0.2) is 43.8 Å². The van der Waals surface area contributed by atoms with Crippen LogP contribution in [-0.2, 0) is 20.8 Å². The minimum atomic E-state index is -0.458. The van der Waals surface area contributed by atoms with E-state index in [1.807, 2.05) is 4.90 Å². The predicted octanol–water partition coefficient (Wildman–Crippen LogP) is 1.73. The molecule has 0 aromatic heterocycles. The molecule has 1 heterocycles. The Morgan fingerprint density at radius 2 is 2.30 bits per heavy atom. The van der Waals surface area contributed by atoms with E-state index in [0.29, 0.717) is 31.8 Å². The van der Waals surface area contributed by atoms with Crippen LogP contribution in [0.25, 0.3) is 0 Å². The number of morpholine rings is 1. The number of esters is 1. The number of halogens is 2. The molecule has 0 bridgehead atoms. The van der Waals surface area contributed by atoms with E-state index in [0.717, 1.165) is 12.1 Å². The summed E-state index contributed by atoms with van der Waals surface area (Å²) < 4.78 is 36.8. The van der Waals surface area contributed by atoms with Crippen molar-refractivity contribution in [2.24, 2.45) is 0 Å². The Morgan fingerprint density at radius 1 is 1.50 bits per heavy atom. The number of ether oxygens (including phenoxy) is 2. The molecule has 0 amide bonds. The van der Waals surface area contributed by atoms with E-state index in [1.54, 1.807) is 0 Å². The Kier molecular flexibility index (Phi) is 5.03. The van der Waals surface area contributed by atoms with Gasteiger partial charge in [0, 0.05) is 25.2 Å². The van der Waals surface area contributed by atoms with E-state index in [2.05, 4.69) is 4.74 Å². The molecule has 0 radical (unpaired) electrons. The van der Waals surface area contributed by atoms with E-state index in [1.165, 1.54) is 13.2 Å². The van der Waals surface area contributed by atoms with Crippen molar-refractivity contribution in [3.8, 4) is 0 Å². The van der Waals surface area contributed by atoms with E-state index in [4.69, 9.17) is 4.74 Å². The standard InChI is InChI=1S/C14H17F2NO3/c1-19-14(18)7-12-9-17(4-5-20-12)8-10-6-11(15)2-3-13(10)16/h2-3,6,12H,4-5,7-9H2,1H3. The third-order valence-corrected chi connectivity index (χ3v) is 3.25. The fraction of sp³-hybridized carbons (Fsp3) is 0.500. The molecule has 1 fully saturated rings. The Hall–Kier alpha value is -1.53. The van der Waals surface area contributed by atoms with Crippen LogP contribution in [0.1, 0.15) is 12.0 Å². The van der Waals surface area contributed by atoms with Gasteiger partial charge in [0.2, 0.25) is 0 Å². The molecule has 0 aliphatic carbocycles. The molecule has 1 atom stereocenters. The largest absolute Gasteiger partial charge is 0.469 e. The molecule has 20 heavy (non-hydrogen) atoms. The molecule has 1 aliphatic rings. The average molecular weight is 285 g/mol. The summed E-state index contributed by atoms with van der Waals surface area (Å²) >= 11 is 0. The van der Waals surface area contributed by atoms with Gasteiger partial charge in [-0.3, -0.25) is 9.69 Å². The van der Waals surface area contributed by atoms with Gasteiger partial charge in [0.1, 0.15) is 11.6 Å². The molecule has 4 nitrogen and oxygen atoms in total. The summed E-state index contributed by atoms with van der Waals surface area (Å²) in [5, 5.41) is 0. The zero-order chi connectivity index (χ0) is 14.5. The van der Waals surface area contributed by atoms with Crippen LogP contribution in [0.15, 0.2) is 18.2 Å². The molecular formula is C14H17F2NO3. The maximum absolute atomic E-state index is 13.6. The molecular weight excluding hydrogens is 268 g/mol. The fourth-order valence-corrected chi connectivity index (χ4v) is 2.22. The highest BCUT2D eigenvalue weighted by atomic mass is 19.1. The molecule has 110 valence electrons. The average Bonchev–Trinajstić information content (AvgIpc) is 2.43. The normalized spacial score (nSPS) is 19.9. The lowest BCUT2D eigenvalue weighted by Gasteiger charge is -2.32. The highest BCUT2D eigenvalue weighted by Crippen LogP contribution is 2.16. The summed E-state index contributed by atoms with van der Waals surface area (Å²) in [7, 11) is 1.32. The van der Waals surface area contributed by atoms with Crippen molar-refractivity contribution in [1.82, 2.24) is 4.90 Å². The van der Waals surface area contributed by atoms with Gasteiger partial charge in [0.15, 0.2) is 0 Å². The highest BCUT2D eigenvalue weighted by molar-refractivity contribution is 5.69. The van der Waals surface area contributed by atoms with Crippen molar-refractivity contribution >= 4 is 5.97 Å². The van der Waals surface area contributed by atoms with Gasteiger partial charge in [0.25, 0.3) is 0 Å². The number of hydrogen-bond acceptors (Lipinski definition) is 4.